The zero-order chi connectivity index (χ0) is 15.2. The molecular weight excluding hydrogens is 276 g/mol. The van der Waals surface area contributed by atoms with E-state index in [-0.39, 0.29) is 23.6 Å². The summed E-state index contributed by atoms with van der Waals surface area (Å²) in [6.07, 6.45) is 1.43. The molecule has 0 saturated heterocycles. The highest BCUT2D eigenvalue weighted by atomic mass is 16.5. The average molecular weight is 290 g/mol. The van der Waals surface area contributed by atoms with Crippen LogP contribution in [0, 0.1) is 0 Å². The number of benzene rings is 1. The lowest BCUT2D eigenvalue weighted by Crippen LogP contribution is -2.20. The highest BCUT2D eigenvalue weighted by molar-refractivity contribution is 5.83. The van der Waals surface area contributed by atoms with Gasteiger partial charge in [0, 0.05) is 11.8 Å². The molecule has 0 saturated carbocycles. The lowest BCUT2D eigenvalue weighted by atomic mass is 10.2. The summed E-state index contributed by atoms with van der Waals surface area (Å²) in [6, 6.07) is 5.96. The van der Waals surface area contributed by atoms with Crippen LogP contribution in [0.1, 0.15) is 11.3 Å². The van der Waals surface area contributed by atoms with Crippen molar-refractivity contribution in [1.82, 2.24) is 15.6 Å². The van der Waals surface area contributed by atoms with Crippen LogP contribution in [-0.4, -0.2) is 34.5 Å². The molecule has 0 fully saturated rings. The van der Waals surface area contributed by atoms with Crippen LogP contribution in [0.2, 0.25) is 0 Å². The molecule has 8 heteroatoms. The van der Waals surface area contributed by atoms with E-state index in [9.17, 15) is 14.7 Å². The quantitative estimate of drug-likeness (QED) is 0.461. The zero-order valence-electron chi connectivity index (χ0n) is 11.2. The molecule has 21 heavy (non-hydrogen) atoms. The largest absolute Gasteiger partial charge is 0.504 e. The molecule has 4 N–H and O–H groups in total. The van der Waals surface area contributed by atoms with Gasteiger partial charge in [0.15, 0.2) is 11.5 Å². The molecule has 0 atom stereocenters. The zero-order valence-corrected chi connectivity index (χ0v) is 11.2. The molecule has 0 bridgehead atoms. The number of aromatic nitrogens is 2. The first kappa shape index (κ1) is 14.4. The minimum absolute atomic E-state index is 0.00891. The first-order chi connectivity index (χ1) is 10.1. The number of hydrogen-bond donors (Lipinski definition) is 4. The van der Waals surface area contributed by atoms with Crippen LogP contribution in [0.5, 0.6) is 11.5 Å². The lowest BCUT2D eigenvalue weighted by Gasteiger charge is -2.03. The number of nitrogens with one attached hydrogen (secondary N) is 3. The molecular formula is C13H14N4O4. The highest BCUT2D eigenvalue weighted by Gasteiger charge is 2.04. The first-order valence-electron chi connectivity index (χ1n) is 6.04. The van der Waals surface area contributed by atoms with Crippen molar-refractivity contribution < 1.29 is 14.6 Å². The number of carbonyl (C=O) groups excluding carboxylic acids is 1. The minimum atomic E-state index is -0.368. The summed E-state index contributed by atoms with van der Waals surface area (Å²) in [5, 5.41) is 18.1. The molecule has 1 aromatic carbocycles. The Hall–Kier alpha value is -3.03. The molecule has 8 nitrogen and oxygen atoms in total. The number of carbonyl (C=O) groups is 1. The predicted molar refractivity (Wildman–Crippen MR) is 75.5 cm³/mol. The number of nitrogens with zero attached hydrogens (tertiary/aromatic N) is 1. The topological polar surface area (TPSA) is 120 Å². The summed E-state index contributed by atoms with van der Waals surface area (Å²) < 4.78 is 4.96. The van der Waals surface area contributed by atoms with E-state index in [4.69, 9.17) is 4.74 Å². The first-order valence-corrected chi connectivity index (χ1v) is 6.04. The van der Waals surface area contributed by atoms with Crippen LogP contribution in [0.25, 0.3) is 0 Å². The molecule has 0 aliphatic heterocycles. The second kappa shape index (κ2) is 6.42. The number of amides is 1. The molecule has 0 aliphatic carbocycles. The molecule has 1 amide bonds. The van der Waals surface area contributed by atoms with Gasteiger partial charge in [-0.2, -0.15) is 5.10 Å². The van der Waals surface area contributed by atoms with Gasteiger partial charge < -0.3 is 14.9 Å². The van der Waals surface area contributed by atoms with Crippen molar-refractivity contribution in [2.75, 3.05) is 7.11 Å². The molecule has 2 rings (SSSR count). The predicted octanol–water partition coefficient (Wildman–Crippen LogP) is 0.110. The van der Waals surface area contributed by atoms with E-state index in [2.05, 4.69) is 20.7 Å². The second-order valence-electron chi connectivity index (χ2n) is 4.19. The summed E-state index contributed by atoms with van der Waals surface area (Å²) in [5.41, 5.74) is 3.16. The minimum Gasteiger partial charge on any atom is -0.504 e. The van der Waals surface area contributed by atoms with Gasteiger partial charge in [-0.25, -0.2) is 5.43 Å². The molecule has 110 valence electrons. The van der Waals surface area contributed by atoms with E-state index in [0.29, 0.717) is 17.0 Å². The Labute approximate surface area is 119 Å². The van der Waals surface area contributed by atoms with E-state index in [1.165, 1.54) is 25.5 Å². The van der Waals surface area contributed by atoms with Crippen molar-refractivity contribution in [3.63, 3.8) is 0 Å². The number of rotatable bonds is 5. The number of ether oxygens (including phenoxy) is 1. The Bertz CT molecular complexity index is 717. The Morgan fingerprint density at radius 2 is 2.24 bits per heavy atom. The summed E-state index contributed by atoms with van der Waals surface area (Å²) in [6.45, 7) is 0. The van der Waals surface area contributed by atoms with E-state index >= 15 is 0 Å². The summed E-state index contributed by atoms with van der Waals surface area (Å²) >= 11 is 0. The SMILES string of the molecule is COc1cc(C=NNC(=O)Cc2cc(=O)[nH][nH]2)ccc1O. The fraction of sp³-hybridized carbons (Fsp3) is 0.154. The van der Waals surface area contributed by atoms with Gasteiger partial charge in [0.2, 0.25) is 5.91 Å². The van der Waals surface area contributed by atoms with E-state index in [0.717, 1.165) is 0 Å². The van der Waals surface area contributed by atoms with Gasteiger partial charge in [0.05, 0.1) is 19.7 Å². The van der Waals surface area contributed by atoms with Gasteiger partial charge in [-0.3, -0.25) is 14.7 Å². The maximum Gasteiger partial charge on any atom is 0.264 e. The van der Waals surface area contributed by atoms with Gasteiger partial charge >= 0.3 is 0 Å². The number of hydrogen-bond acceptors (Lipinski definition) is 5. The molecule has 2 aromatic rings. The van der Waals surface area contributed by atoms with E-state index in [1.54, 1.807) is 12.1 Å². The Morgan fingerprint density at radius 1 is 1.43 bits per heavy atom. The molecule has 0 radical (unpaired) electrons. The smallest absolute Gasteiger partial charge is 0.264 e. The molecule has 1 heterocycles. The number of H-pyrrole nitrogens is 2. The number of hydrazone groups is 1. The summed E-state index contributed by atoms with van der Waals surface area (Å²) in [5.74, 6) is -0.0301. The standard InChI is InChI=1S/C13H14N4O4/c1-21-11-4-8(2-3-10(11)18)7-14-16-12(19)5-9-6-13(20)17-15-9/h2-4,6-7,18H,5H2,1H3,(H,16,19)(H2,15,17,20). The summed E-state index contributed by atoms with van der Waals surface area (Å²) in [7, 11) is 1.44. The fourth-order valence-electron chi connectivity index (χ4n) is 1.63. The Balaban J connectivity index is 1.92. The number of aromatic hydroxyl groups is 1. The van der Waals surface area contributed by atoms with Crippen LogP contribution in [0.4, 0.5) is 0 Å². The van der Waals surface area contributed by atoms with Gasteiger partial charge in [-0.15, -0.1) is 0 Å². The van der Waals surface area contributed by atoms with Crippen molar-refractivity contribution in [1.29, 1.82) is 0 Å². The van der Waals surface area contributed by atoms with Crippen molar-refractivity contribution in [3.8, 4) is 11.5 Å². The van der Waals surface area contributed by atoms with Crippen molar-refractivity contribution in [2.45, 2.75) is 6.42 Å². The molecule has 0 unspecified atom stereocenters. The highest BCUT2D eigenvalue weighted by Crippen LogP contribution is 2.25. The molecule has 0 aliphatic rings. The number of phenolic OH excluding ortho intramolecular Hbond substituents is 1. The maximum absolute atomic E-state index is 11.6. The van der Waals surface area contributed by atoms with Crippen LogP contribution in [-0.2, 0) is 11.2 Å². The Kier molecular flexibility index (Phi) is 4.39. The van der Waals surface area contributed by atoms with Crippen LogP contribution < -0.4 is 15.7 Å². The monoisotopic (exact) mass is 290 g/mol. The Morgan fingerprint density at radius 3 is 2.90 bits per heavy atom. The number of aromatic amines is 2. The second-order valence-corrected chi connectivity index (χ2v) is 4.19. The van der Waals surface area contributed by atoms with Crippen LogP contribution in [0.15, 0.2) is 34.2 Å². The van der Waals surface area contributed by atoms with Crippen molar-refractivity contribution >= 4 is 12.1 Å². The third kappa shape index (κ3) is 3.96. The lowest BCUT2D eigenvalue weighted by molar-refractivity contribution is -0.120. The average Bonchev–Trinajstić information content (AvgIpc) is 2.86. The van der Waals surface area contributed by atoms with Crippen LogP contribution in [0.3, 0.4) is 0 Å². The molecule has 0 spiro atoms. The number of phenols is 1. The van der Waals surface area contributed by atoms with Gasteiger partial charge in [-0.05, 0) is 23.8 Å². The molecule has 1 aromatic heterocycles. The normalized spacial score (nSPS) is 10.7. The number of methoxy groups -OCH3 is 1. The van der Waals surface area contributed by atoms with Crippen LogP contribution >= 0.6 is 0 Å². The third-order valence-corrected chi connectivity index (χ3v) is 2.61. The fourth-order valence-corrected chi connectivity index (χ4v) is 1.63. The van der Waals surface area contributed by atoms with E-state index in [1.807, 2.05) is 0 Å². The van der Waals surface area contributed by atoms with Gasteiger partial charge in [0.25, 0.3) is 5.56 Å². The maximum atomic E-state index is 11.6. The summed E-state index contributed by atoms with van der Waals surface area (Å²) in [4.78, 5) is 22.4. The third-order valence-electron chi connectivity index (χ3n) is 2.61. The van der Waals surface area contributed by atoms with Gasteiger partial charge in [-0.1, -0.05) is 0 Å². The van der Waals surface area contributed by atoms with E-state index < -0.39 is 0 Å². The van der Waals surface area contributed by atoms with Gasteiger partial charge in [0.1, 0.15) is 0 Å². The van der Waals surface area contributed by atoms with Crippen molar-refractivity contribution in [2.24, 2.45) is 5.10 Å². The van der Waals surface area contributed by atoms with Crippen molar-refractivity contribution in [3.05, 3.63) is 45.9 Å².